The number of aromatic amines is 1. The Hall–Kier alpha value is -3.81. The lowest BCUT2D eigenvalue weighted by atomic mass is 9.79. The molecule has 200 valence electrons. The van der Waals surface area contributed by atoms with Gasteiger partial charge in [-0.25, -0.2) is 14.8 Å². The van der Waals surface area contributed by atoms with Crippen molar-refractivity contribution in [3.05, 3.63) is 30.9 Å². The molecule has 3 aromatic heterocycles. The fourth-order valence-corrected chi connectivity index (χ4v) is 4.46. The monoisotopic (exact) mass is 522 g/mol. The van der Waals surface area contributed by atoms with Gasteiger partial charge in [0.05, 0.1) is 12.4 Å². The average Bonchev–Trinajstić information content (AvgIpc) is 3.31. The van der Waals surface area contributed by atoms with E-state index in [0.29, 0.717) is 23.4 Å². The van der Waals surface area contributed by atoms with E-state index >= 15 is 0 Å². The summed E-state index contributed by atoms with van der Waals surface area (Å²) in [6, 6.07) is 1.93. The van der Waals surface area contributed by atoms with Crippen LogP contribution in [0.5, 0.6) is 5.75 Å². The van der Waals surface area contributed by atoms with Crippen molar-refractivity contribution in [2.24, 2.45) is 0 Å². The van der Waals surface area contributed by atoms with Crippen LogP contribution in [-0.4, -0.2) is 76.9 Å². The van der Waals surface area contributed by atoms with Crippen LogP contribution >= 0.6 is 0 Å². The largest absolute Gasteiger partial charge is 0.506 e. The van der Waals surface area contributed by atoms with Gasteiger partial charge in [-0.1, -0.05) is 0 Å². The molecule has 14 heteroatoms. The molecule has 37 heavy (non-hydrogen) atoms. The number of nitrogens with zero attached hydrogens (tertiary/aromatic N) is 6. The summed E-state index contributed by atoms with van der Waals surface area (Å²) in [6.45, 7) is 8.88. The summed E-state index contributed by atoms with van der Waals surface area (Å²) in [6.07, 6.45) is 3.57. The molecule has 0 radical (unpaired) electrons. The van der Waals surface area contributed by atoms with Gasteiger partial charge in [0.25, 0.3) is 0 Å². The second-order valence-corrected chi connectivity index (χ2v) is 10.1. The summed E-state index contributed by atoms with van der Waals surface area (Å²) in [7, 11) is 2.01. The quantitative estimate of drug-likeness (QED) is 0.401. The average molecular weight is 523 g/mol. The highest BCUT2D eigenvalue weighted by molar-refractivity contribution is 5.73. The molecular formula is C23H29F3N8O3. The molecule has 0 aliphatic carbocycles. The zero-order valence-corrected chi connectivity index (χ0v) is 21.0. The van der Waals surface area contributed by atoms with Gasteiger partial charge in [-0.3, -0.25) is 5.10 Å². The predicted octanol–water partition coefficient (Wildman–Crippen LogP) is 3.41. The van der Waals surface area contributed by atoms with Crippen molar-refractivity contribution in [1.82, 2.24) is 35.7 Å². The summed E-state index contributed by atoms with van der Waals surface area (Å²) in [5.41, 5.74) is 2.44. The van der Waals surface area contributed by atoms with Gasteiger partial charge in [0, 0.05) is 47.7 Å². The maximum atomic E-state index is 10.6. The van der Waals surface area contributed by atoms with E-state index in [0.717, 1.165) is 24.0 Å². The standard InChI is InChI=1S/C21H28N8O.C2HF3O2/c1-20(2)7-15(8-21(3,4)28-20)29(5)19-23-12-16(26-27-19)18-17(30)6-13(9-22-18)14-10-24-25-11-14;3-2(4,5)1(6)7/h6,9-12,15,28,30H,7-8H2,1-5H3,(H,24,25);(H,6,7). The lowest BCUT2D eigenvalue weighted by Gasteiger charge is -2.48. The molecule has 0 aromatic carbocycles. The van der Waals surface area contributed by atoms with Crippen molar-refractivity contribution in [3.63, 3.8) is 0 Å². The van der Waals surface area contributed by atoms with Crippen LogP contribution in [0.25, 0.3) is 22.5 Å². The van der Waals surface area contributed by atoms with Gasteiger partial charge >= 0.3 is 12.1 Å². The highest BCUT2D eigenvalue weighted by atomic mass is 19.4. The molecule has 1 saturated heterocycles. The van der Waals surface area contributed by atoms with Crippen LogP contribution < -0.4 is 10.2 Å². The van der Waals surface area contributed by atoms with Crippen molar-refractivity contribution in [3.8, 4) is 28.3 Å². The second kappa shape index (κ2) is 10.3. The van der Waals surface area contributed by atoms with E-state index in [4.69, 9.17) is 9.90 Å². The fourth-order valence-electron chi connectivity index (χ4n) is 4.46. The smallest absolute Gasteiger partial charge is 0.490 e. The van der Waals surface area contributed by atoms with E-state index in [1.165, 1.54) is 0 Å². The lowest BCUT2D eigenvalue weighted by molar-refractivity contribution is -0.192. The number of hydrogen-bond acceptors (Lipinski definition) is 9. The van der Waals surface area contributed by atoms with Crippen LogP contribution in [0.3, 0.4) is 0 Å². The molecule has 0 amide bonds. The molecule has 1 aliphatic rings. The SMILES string of the molecule is CN(c1ncc(-c2ncc(-c3cn[nH]c3)cc2O)nn1)C1CC(C)(C)NC(C)(C)C1.O=C(O)C(F)(F)F. The Morgan fingerprint density at radius 1 is 1.05 bits per heavy atom. The molecule has 0 atom stereocenters. The molecule has 4 N–H and O–H groups in total. The Labute approximate surface area is 211 Å². The number of halogens is 3. The number of aliphatic carboxylic acids is 1. The van der Waals surface area contributed by atoms with Crippen LogP contribution in [-0.2, 0) is 4.79 Å². The van der Waals surface area contributed by atoms with Crippen LogP contribution in [0.1, 0.15) is 40.5 Å². The van der Waals surface area contributed by atoms with Gasteiger partial charge in [0.15, 0.2) is 0 Å². The molecule has 1 aliphatic heterocycles. The number of piperidine rings is 1. The zero-order valence-electron chi connectivity index (χ0n) is 21.0. The van der Waals surface area contributed by atoms with E-state index in [-0.39, 0.29) is 16.8 Å². The first-order chi connectivity index (χ1) is 17.1. The number of anilines is 1. The number of carbonyl (C=O) groups is 1. The van der Waals surface area contributed by atoms with Gasteiger partial charge in [0.1, 0.15) is 17.1 Å². The normalized spacial score (nSPS) is 17.0. The molecule has 0 saturated carbocycles. The van der Waals surface area contributed by atoms with E-state index in [1.807, 2.05) is 7.05 Å². The number of carboxylic acid groups (broad SMARTS) is 1. The lowest BCUT2D eigenvalue weighted by Crippen LogP contribution is -2.62. The van der Waals surface area contributed by atoms with Gasteiger partial charge in [0.2, 0.25) is 5.95 Å². The Morgan fingerprint density at radius 2 is 1.68 bits per heavy atom. The molecule has 4 rings (SSSR count). The van der Waals surface area contributed by atoms with E-state index in [9.17, 15) is 18.3 Å². The Bertz CT molecular complexity index is 1200. The maximum Gasteiger partial charge on any atom is 0.490 e. The number of aromatic hydroxyl groups is 1. The Balaban J connectivity index is 0.000000479. The summed E-state index contributed by atoms with van der Waals surface area (Å²) in [5, 5.41) is 36.5. The molecular weight excluding hydrogens is 493 g/mol. The molecule has 0 unspecified atom stereocenters. The first-order valence-corrected chi connectivity index (χ1v) is 11.3. The molecule has 1 fully saturated rings. The Morgan fingerprint density at radius 3 is 2.14 bits per heavy atom. The minimum Gasteiger partial charge on any atom is -0.506 e. The van der Waals surface area contributed by atoms with Crippen molar-refractivity contribution in [2.45, 2.75) is 63.8 Å². The molecule has 0 bridgehead atoms. The van der Waals surface area contributed by atoms with Gasteiger partial charge < -0.3 is 20.4 Å². The van der Waals surface area contributed by atoms with Gasteiger partial charge in [-0.15, -0.1) is 10.2 Å². The van der Waals surface area contributed by atoms with Crippen molar-refractivity contribution in [1.29, 1.82) is 0 Å². The summed E-state index contributed by atoms with van der Waals surface area (Å²) in [4.78, 5) is 19.8. The van der Waals surface area contributed by atoms with Gasteiger partial charge in [-0.05, 0) is 46.6 Å². The highest BCUT2D eigenvalue weighted by Gasteiger charge is 2.40. The van der Waals surface area contributed by atoms with Crippen molar-refractivity contribution in [2.75, 3.05) is 11.9 Å². The maximum absolute atomic E-state index is 10.6. The summed E-state index contributed by atoms with van der Waals surface area (Å²) in [5.74, 6) is -2.17. The third-order valence-electron chi connectivity index (χ3n) is 5.77. The first-order valence-electron chi connectivity index (χ1n) is 11.3. The zero-order chi connectivity index (χ0) is 27.6. The number of pyridine rings is 1. The number of rotatable bonds is 4. The number of hydrogen-bond donors (Lipinski definition) is 4. The molecule has 0 spiro atoms. The van der Waals surface area contributed by atoms with Crippen LogP contribution in [0, 0.1) is 0 Å². The number of carboxylic acids is 1. The minimum absolute atomic E-state index is 0.0211. The summed E-state index contributed by atoms with van der Waals surface area (Å²) >= 11 is 0. The molecule has 4 heterocycles. The number of alkyl halides is 3. The van der Waals surface area contributed by atoms with E-state index in [1.54, 1.807) is 30.9 Å². The number of H-pyrrole nitrogens is 1. The topological polar surface area (TPSA) is 153 Å². The minimum atomic E-state index is -5.08. The Kier molecular flexibility index (Phi) is 7.72. The number of aromatic nitrogens is 6. The highest BCUT2D eigenvalue weighted by Crippen LogP contribution is 2.33. The van der Waals surface area contributed by atoms with Crippen molar-refractivity contribution >= 4 is 11.9 Å². The van der Waals surface area contributed by atoms with Crippen LogP contribution in [0.2, 0.25) is 0 Å². The molecule has 11 nitrogen and oxygen atoms in total. The first kappa shape index (κ1) is 27.8. The fraction of sp³-hybridized carbons (Fsp3) is 0.478. The summed E-state index contributed by atoms with van der Waals surface area (Å²) < 4.78 is 31.7. The molecule has 3 aromatic rings. The van der Waals surface area contributed by atoms with Crippen LogP contribution in [0.4, 0.5) is 19.1 Å². The van der Waals surface area contributed by atoms with Crippen LogP contribution in [0.15, 0.2) is 30.9 Å². The van der Waals surface area contributed by atoms with Gasteiger partial charge in [-0.2, -0.15) is 18.3 Å². The van der Waals surface area contributed by atoms with E-state index in [2.05, 4.69) is 68.3 Å². The number of nitrogens with one attached hydrogen (secondary N) is 2. The van der Waals surface area contributed by atoms with E-state index < -0.39 is 12.1 Å². The predicted molar refractivity (Wildman–Crippen MR) is 129 cm³/mol. The third kappa shape index (κ3) is 7.12. The third-order valence-corrected chi connectivity index (χ3v) is 5.77. The second-order valence-electron chi connectivity index (χ2n) is 10.1. The van der Waals surface area contributed by atoms with Crippen molar-refractivity contribution < 1.29 is 28.2 Å².